The molecule has 0 saturated carbocycles. The number of carbonyl (C=O) groups is 1. The standard InChI is InChI=1S/C19H27BO3/c1-15(11-12-16-9-7-6-8-10-16)17(14-21)13-20-22-18(2,3)19(4,5)23-20/h6-12,14-15,17H,13H2,1-5H3/b12-11+/t15-,17-/m1/s1. The summed E-state index contributed by atoms with van der Waals surface area (Å²) < 4.78 is 12.0. The van der Waals surface area contributed by atoms with Crippen LogP contribution in [0.3, 0.4) is 0 Å². The zero-order valence-electron chi connectivity index (χ0n) is 14.8. The Morgan fingerprint density at radius 3 is 2.17 bits per heavy atom. The van der Waals surface area contributed by atoms with Crippen molar-refractivity contribution >= 4 is 19.5 Å². The molecule has 124 valence electrons. The third-order valence-corrected chi connectivity index (χ3v) is 5.01. The predicted octanol–water partition coefficient (Wildman–Crippen LogP) is 4.24. The van der Waals surface area contributed by atoms with E-state index in [4.69, 9.17) is 9.31 Å². The molecule has 3 nitrogen and oxygen atoms in total. The molecular formula is C19H27BO3. The van der Waals surface area contributed by atoms with E-state index < -0.39 is 0 Å². The van der Waals surface area contributed by atoms with Gasteiger partial charge in [-0.2, -0.15) is 0 Å². The van der Waals surface area contributed by atoms with Crippen LogP contribution in [0, 0.1) is 11.8 Å². The van der Waals surface area contributed by atoms with Crippen LogP contribution >= 0.6 is 0 Å². The Labute approximate surface area is 140 Å². The Bertz CT molecular complexity index is 535. The minimum absolute atomic E-state index is 0.121. The molecule has 0 unspecified atom stereocenters. The largest absolute Gasteiger partial charge is 0.458 e. The molecule has 2 rings (SSSR count). The number of carbonyl (C=O) groups excluding carboxylic acids is 1. The van der Waals surface area contributed by atoms with E-state index in [1.54, 1.807) is 0 Å². The maximum absolute atomic E-state index is 11.5. The van der Waals surface area contributed by atoms with E-state index >= 15 is 0 Å². The second-order valence-electron chi connectivity index (χ2n) is 7.35. The minimum atomic E-state index is -0.353. The van der Waals surface area contributed by atoms with Crippen molar-refractivity contribution in [1.82, 2.24) is 0 Å². The van der Waals surface area contributed by atoms with Crippen LogP contribution in [0.25, 0.3) is 6.08 Å². The summed E-state index contributed by atoms with van der Waals surface area (Å²) in [5, 5.41) is 0. The second-order valence-corrected chi connectivity index (χ2v) is 7.35. The van der Waals surface area contributed by atoms with Gasteiger partial charge >= 0.3 is 7.12 Å². The van der Waals surface area contributed by atoms with Crippen LogP contribution in [0.5, 0.6) is 0 Å². The highest BCUT2D eigenvalue weighted by Crippen LogP contribution is 2.39. The van der Waals surface area contributed by atoms with Gasteiger partial charge in [0, 0.05) is 5.92 Å². The van der Waals surface area contributed by atoms with Crippen LogP contribution in [-0.2, 0) is 14.1 Å². The van der Waals surface area contributed by atoms with Crippen molar-refractivity contribution in [3.63, 3.8) is 0 Å². The first kappa shape index (κ1) is 18.0. The molecule has 1 aromatic carbocycles. The second kappa shape index (κ2) is 7.02. The zero-order valence-corrected chi connectivity index (χ0v) is 14.8. The van der Waals surface area contributed by atoms with Gasteiger partial charge in [0.05, 0.1) is 11.2 Å². The summed E-state index contributed by atoms with van der Waals surface area (Å²) in [6.45, 7) is 10.2. The van der Waals surface area contributed by atoms with Crippen molar-refractivity contribution in [3.05, 3.63) is 42.0 Å². The lowest BCUT2D eigenvalue weighted by Crippen LogP contribution is -2.41. The van der Waals surface area contributed by atoms with E-state index in [9.17, 15) is 4.79 Å². The van der Waals surface area contributed by atoms with Gasteiger partial charge in [0.15, 0.2) is 0 Å². The summed E-state index contributed by atoms with van der Waals surface area (Å²) in [4.78, 5) is 11.5. The van der Waals surface area contributed by atoms with Crippen LogP contribution < -0.4 is 0 Å². The fourth-order valence-electron chi connectivity index (χ4n) is 2.65. The normalized spacial score (nSPS) is 22.2. The molecule has 1 heterocycles. The van der Waals surface area contributed by atoms with Crippen LogP contribution in [0.1, 0.15) is 40.2 Å². The Morgan fingerprint density at radius 1 is 1.09 bits per heavy atom. The lowest BCUT2D eigenvalue weighted by atomic mass is 9.73. The third kappa shape index (κ3) is 4.33. The summed E-state index contributed by atoms with van der Waals surface area (Å²) in [5.74, 6) is 0.0105. The molecule has 0 amide bonds. The van der Waals surface area contributed by atoms with E-state index in [0.29, 0.717) is 6.32 Å². The molecule has 1 fully saturated rings. The quantitative estimate of drug-likeness (QED) is 0.582. The number of hydrogen-bond donors (Lipinski definition) is 0. The van der Waals surface area contributed by atoms with Gasteiger partial charge in [0.2, 0.25) is 0 Å². The van der Waals surface area contributed by atoms with E-state index in [0.717, 1.165) is 11.8 Å². The third-order valence-electron chi connectivity index (χ3n) is 5.01. The maximum Gasteiger partial charge on any atom is 0.458 e. The molecule has 0 bridgehead atoms. The smallest absolute Gasteiger partial charge is 0.403 e. The average molecular weight is 314 g/mol. The molecule has 2 atom stereocenters. The highest BCUT2D eigenvalue weighted by atomic mass is 16.7. The summed E-state index contributed by atoms with van der Waals surface area (Å²) in [5.41, 5.74) is 0.433. The first-order chi connectivity index (χ1) is 10.7. The molecule has 0 N–H and O–H groups in total. The van der Waals surface area contributed by atoms with E-state index in [2.05, 4.69) is 19.1 Å². The molecule has 1 aromatic rings. The number of rotatable bonds is 6. The highest BCUT2D eigenvalue weighted by molar-refractivity contribution is 6.45. The van der Waals surface area contributed by atoms with Gasteiger partial charge in [0.1, 0.15) is 6.29 Å². The fourth-order valence-corrected chi connectivity index (χ4v) is 2.65. The number of benzene rings is 1. The van der Waals surface area contributed by atoms with Crippen molar-refractivity contribution in [2.24, 2.45) is 11.8 Å². The van der Waals surface area contributed by atoms with Crippen molar-refractivity contribution in [3.8, 4) is 0 Å². The maximum atomic E-state index is 11.5. The van der Waals surface area contributed by atoms with Gasteiger partial charge in [-0.25, -0.2) is 0 Å². The van der Waals surface area contributed by atoms with E-state index in [1.807, 2.05) is 58.0 Å². The van der Waals surface area contributed by atoms with E-state index in [1.165, 1.54) is 0 Å². The average Bonchev–Trinajstić information content (AvgIpc) is 2.70. The molecule has 1 saturated heterocycles. The van der Waals surface area contributed by atoms with Crippen LogP contribution in [0.4, 0.5) is 0 Å². The van der Waals surface area contributed by atoms with Crippen LogP contribution in [0.15, 0.2) is 36.4 Å². The first-order valence-electron chi connectivity index (χ1n) is 8.29. The summed E-state index contributed by atoms with van der Waals surface area (Å²) in [6, 6.07) is 10.1. The Balaban J connectivity index is 1.98. The first-order valence-corrected chi connectivity index (χ1v) is 8.29. The highest BCUT2D eigenvalue weighted by Gasteiger charge is 2.51. The molecule has 0 aromatic heterocycles. The minimum Gasteiger partial charge on any atom is -0.403 e. The molecule has 1 aliphatic heterocycles. The molecule has 0 aliphatic carbocycles. The number of allylic oxidation sites excluding steroid dienone is 1. The number of hydrogen-bond acceptors (Lipinski definition) is 3. The summed E-state index contributed by atoms with van der Waals surface area (Å²) >= 11 is 0. The Morgan fingerprint density at radius 2 is 1.65 bits per heavy atom. The summed E-state index contributed by atoms with van der Waals surface area (Å²) in [6.07, 6.45) is 5.74. The van der Waals surface area contributed by atoms with Gasteiger partial charge in [-0.1, -0.05) is 49.4 Å². The lowest BCUT2D eigenvalue weighted by Gasteiger charge is -2.32. The molecule has 0 spiro atoms. The van der Waals surface area contributed by atoms with Gasteiger partial charge in [0.25, 0.3) is 0 Å². The van der Waals surface area contributed by atoms with Gasteiger partial charge in [-0.3, -0.25) is 0 Å². The van der Waals surface area contributed by atoms with E-state index in [-0.39, 0.29) is 30.2 Å². The number of aldehydes is 1. The Hall–Kier alpha value is -1.39. The molecule has 4 heteroatoms. The lowest BCUT2D eigenvalue weighted by molar-refractivity contribution is -0.111. The molecule has 1 aliphatic rings. The van der Waals surface area contributed by atoms with Gasteiger partial charge in [-0.05, 0) is 45.5 Å². The zero-order chi connectivity index (χ0) is 17.1. The SMILES string of the molecule is C[C@H](/C=C/c1ccccc1)[C@@H](C=O)CB1OC(C)(C)C(C)(C)O1. The van der Waals surface area contributed by atoms with Gasteiger partial charge in [-0.15, -0.1) is 0 Å². The summed E-state index contributed by atoms with van der Waals surface area (Å²) in [7, 11) is -0.331. The fraction of sp³-hybridized carbons (Fsp3) is 0.526. The van der Waals surface area contributed by atoms with Crippen LogP contribution in [-0.4, -0.2) is 24.6 Å². The Kier molecular flexibility index (Phi) is 5.48. The van der Waals surface area contributed by atoms with Crippen molar-refractivity contribution in [2.45, 2.75) is 52.1 Å². The monoisotopic (exact) mass is 314 g/mol. The molecule has 23 heavy (non-hydrogen) atoms. The molecular weight excluding hydrogens is 287 g/mol. The van der Waals surface area contributed by atoms with Crippen molar-refractivity contribution in [2.75, 3.05) is 0 Å². The topological polar surface area (TPSA) is 35.5 Å². The van der Waals surface area contributed by atoms with Crippen molar-refractivity contribution in [1.29, 1.82) is 0 Å². The molecule has 0 radical (unpaired) electrons. The predicted molar refractivity (Wildman–Crippen MR) is 95.1 cm³/mol. The van der Waals surface area contributed by atoms with Gasteiger partial charge < -0.3 is 14.1 Å². The van der Waals surface area contributed by atoms with Crippen molar-refractivity contribution < 1.29 is 14.1 Å². The van der Waals surface area contributed by atoms with Crippen LogP contribution in [0.2, 0.25) is 6.32 Å².